The first kappa shape index (κ1) is 16.0. The first-order chi connectivity index (χ1) is 11.6. The summed E-state index contributed by atoms with van der Waals surface area (Å²) in [6, 6.07) is 11.4. The fraction of sp³-hybridized carbons (Fsp3) is 0.0625. The highest BCUT2D eigenvalue weighted by Gasteiger charge is 2.12. The molecule has 1 aromatic carbocycles. The first-order valence-corrected chi connectivity index (χ1v) is 7.92. The van der Waals surface area contributed by atoms with Gasteiger partial charge in [0, 0.05) is 16.9 Å². The SMILES string of the molecule is O=C(NNC(=O)c1cc(Br)c[nH]1)c1cnn(Cc2ccccc2)c1. The number of aromatic amines is 1. The Bertz CT molecular complexity index is 856. The molecule has 3 N–H and O–H groups in total. The van der Waals surface area contributed by atoms with Gasteiger partial charge in [-0.1, -0.05) is 30.3 Å². The van der Waals surface area contributed by atoms with Gasteiger partial charge in [-0.05, 0) is 27.6 Å². The summed E-state index contributed by atoms with van der Waals surface area (Å²) in [5.41, 5.74) is 6.48. The van der Waals surface area contributed by atoms with E-state index in [9.17, 15) is 9.59 Å². The number of hydrazine groups is 1. The highest BCUT2D eigenvalue weighted by molar-refractivity contribution is 9.10. The number of hydrogen-bond donors (Lipinski definition) is 3. The van der Waals surface area contributed by atoms with E-state index in [1.54, 1.807) is 23.1 Å². The maximum atomic E-state index is 12.1. The molecule has 2 heterocycles. The minimum atomic E-state index is -0.439. The second-order valence-corrected chi connectivity index (χ2v) is 5.97. The van der Waals surface area contributed by atoms with Gasteiger partial charge in [-0.15, -0.1) is 0 Å². The first-order valence-electron chi connectivity index (χ1n) is 7.13. The summed E-state index contributed by atoms with van der Waals surface area (Å²) in [5.74, 6) is -0.876. The Hall–Kier alpha value is -2.87. The van der Waals surface area contributed by atoms with Crippen molar-refractivity contribution in [3.63, 3.8) is 0 Å². The van der Waals surface area contributed by atoms with Gasteiger partial charge in [0.1, 0.15) is 5.69 Å². The molecule has 0 radical (unpaired) electrons. The third-order valence-corrected chi connectivity index (χ3v) is 3.72. The minimum Gasteiger partial charge on any atom is -0.356 e. The van der Waals surface area contributed by atoms with Gasteiger partial charge >= 0.3 is 0 Å². The van der Waals surface area contributed by atoms with Crippen molar-refractivity contribution in [1.82, 2.24) is 25.6 Å². The monoisotopic (exact) mass is 387 g/mol. The van der Waals surface area contributed by atoms with E-state index >= 15 is 0 Å². The van der Waals surface area contributed by atoms with Crippen LogP contribution in [0.2, 0.25) is 0 Å². The van der Waals surface area contributed by atoms with Crippen LogP contribution in [-0.2, 0) is 6.54 Å². The fourth-order valence-corrected chi connectivity index (χ4v) is 2.43. The van der Waals surface area contributed by atoms with Crippen LogP contribution in [0.4, 0.5) is 0 Å². The molecule has 0 saturated heterocycles. The molecule has 0 saturated carbocycles. The Morgan fingerprint density at radius 1 is 1.17 bits per heavy atom. The zero-order chi connectivity index (χ0) is 16.9. The second-order valence-electron chi connectivity index (χ2n) is 5.05. The zero-order valence-corrected chi connectivity index (χ0v) is 14.1. The third kappa shape index (κ3) is 3.90. The van der Waals surface area contributed by atoms with E-state index in [0.29, 0.717) is 17.8 Å². The van der Waals surface area contributed by atoms with Crippen LogP contribution in [0.3, 0.4) is 0 Å². The van der Waals surface area contributed by atoms with Crippen molar-refractivity contribution in [2.24, 2.45) is 0 Å². The normalized spacial score (nSPS) is 10.4. The van der Waals surface area contributed by atoms with E-state index in [-0.39, 0.29) is 0 Å². The Morgan fingerprint density at radius 2 is 1.92 bits per heavy atom. The van der Waals surface area contributed by atoms with Crippen molar-refractivity contribution in [2.45, 2.75) is 6.54 Å². The summed E-state index contributed by atoms with van der Waals surface area (Å²) in [5, 5.41) is 4.15. The smallest absolute Gasteiger partial charge is 0.286 e. The number of aromatic nitrogens is 3. The number of halogens is 1. The molecular formula is C16H14BrN5O2. The number of nitrogens with zero attached hydrogens (tertiary/aromatic N) is 2. The molecule has 8 heteroatoms. The Labute approximate surface area is 146 Å². The molecule has 7 nitrogen and oxygen atoms in total. The molecule has 0 spiro atoms. The molecule has 24 heavy (non-hydrogen) atoms. The number of H-pyrrole nitrogens is 1. The van der Waals surface area contributed by atoms with Crippen molar-refractivity contribution in [2.75, 3.05) is 0 Å². The number of amides is 2. The van der Waals surface area contributed by atoms with Crippen molar-refractivity contribution >= 4 is 27.7 Å². The molecule has 0 bridgehead atoms. The van der Waals surface area contributed by atoms with Gasteiger partial charge in [0.2, 0.25) is 0 Å². The van der Waals surface area contributed by atoms with Crippen LogP contribution >= 0.6 is 15.9 Å². The Kier molecular flexibility index (Phi) is 4.76. The van der Waals surface area contributed by atoms with Crippen LogP contribution < -0.4 is 10.9 Å². The topological polar surface area (TPSA) is 91.8 Å². The van der Waals surface area contributed by atoms with Crippen LogP contribution in [0.15, 0.2) is 59.5 Å². The molecule has 3 aromatic rings. The molecule has 0 aliphatic carbocycles. The molecule has 3 rings (SSSR count). The summed E-state index contributed by atoms with van der Waals surface area (Å²) < 4.78 is 2.41. The molecule has 0 aliphatic heterocycles. The molecule has 0 atom stereocenters. The van der Waals surface area contributed by atoms with Gasteiger partial charge in [-0.25, -0.2) is 0 Å². The maximum absolute atomic E-state index is 12.1. The molecular weight excluding hydrogens is 374 g/mol. The van der Waals surface area contributed by atoms with E-state index in [2.05, 4.69) is 36.9 Å². The van der Waals surface area contributed by atoms with Gasteiger partial charge in [-0.3, -0.25) is 25.1 Å². The molecule has 0 fully saturated rings. The third-order valence-electron chi connectivity index (χ3n) is 3.26. The van der Waals surface area contributed by atoms with Crippen LogP contribution in [-0.4, -0.2) is 26.6 Å². The lowest BCUT2D eigenvalue weighted by Crippen LogP contribution is -2.41. The number of rotatable bonds is 4. The summed E-state index contributed by atoms with van der Waals surface area (Å²) in [7, 11) is 0. The predicted octanol–water partition coefficient (Wildman–Crippen LogP) is 2.10. The molecule has 122 valence electrons. The van der Waals surface area contributed by atoms with Gasteiger partial charge in [0.05, 0.1) is 18.3 Å². The standard InChI is InChI=1S/C16H14BrN5O2/c17-13-6-14(18-8-13)16(24)21-20-15(23)12-7-19-22(10-12)9-11-4-2-1-3-5-11/h1-8,10,18H,9H2,(H,20,23)(H,21,24). The maximum Gasteiger partial charge on any atom is 0.286 e. The summed E-state index contributed by atoms with van der Waals surface area (Å²) in [6.07, 6.45) is 4.71. The average Bonchev–Trinajstić information content (AvgIpc) is 3.22. The van der Waals surface area contributed by atoms with Crippen LogP contribution in [0, 0.1) is 0 Å². The van der Waals surface area contributed by atoms with Gasteiger partial charge in [0.15, 0.2) is 0 Å². The highest BCUT2D eigenvalue weighted by atomic mass is 79.9. The van der Waals surface area contributed by atoms with Gasteiger partial charge in [-0.2, -0.15) is 5.10 Å². The van der Waals surface area contributed by atoms with Crippen molar-refractivity contribution in [3.05, 3.63) is 76.3 Å². The van der Waals surface area contributed by atoms with Gasteiger partial charge in [0.25, 0.3) is 11.8 Å². The summed E-state index contributed by atoms with van der Waals surface area (Å²) >= 11 is 3.24. The predicted molar refractivity (Wildman–Crippen MR) is 91.2 cm³/mol. The van der Waals surface area contributed by atoms with Crippen LogP contribution in [0.5, 0.6) is 0 Å². The van der Waals surface area contributed by atoms with E-state index in [0.717, 1.165) is 10.0 Å². The quantitative estimate of drug-likeness (QED) is 0.598. The number of carbonyl (C=O) groups is 2. The number of hydrogen-bond acceptors (Lipinski definition) is 3. The lowest BCUT2D eigenvalue weighted by Gasteiger charge is -2.04. The van der Waals surface area contributed by atoms with Gasteiger partial charge < -0.3 is 4.98 Å². The molecule has 2 amide bonds. The number of benzene rings is 1. The zero-order valence-electron chi connectivity index (χ0n) is 12.5. The minimum absolute atomic E-state index is 0.335. The Balaban J connectivity index is 1.57. The van der Waals surface area contributed by atoms with E-state index < -0.39 is 11.8 Å². The largest absolute Gasteiger partial charge is 0.356 e. The van der Waals surface area contributed by atoms with Crippen LogP contribution in [0.25, 0.3) is 0 Å². The second kappa shape index (κ2) is 7.14. The number of carbonyl (C=O) groups excluding carboxylic acids is 2. The summed E-state index contributed by atoms with van der Waals surface area (Å²) in [4.78, 5) is 26.7. The number of nitrogens with one attached hydrogen (secondary N) is 3. The molecule has 0 unspecified atom stereocenters. The lowest BCUT2D eigenvalue weighted by molar-refractivity contribution is 0.0844. The van der Waals surface area contributed by atoms with E-state index in [4.69, 9.17) is 0 Å². The van der Waals surface area contributed by atoms with Crippen molar-refractivity contribution in [1.29, 1.82) is 0 Å². The highest BCUT2D eigenvalue weighted by Crippen LogP contribution is 2.10. The van der Waals surface area contributed by atoms with E-state index in [1.165, 1.54) is 6.20 Å². The van der Waals surface area contributed by atoms with E-state index in [1.807, 2.05) is 30.3 Å². The summed E-state index contributed by atoms with van der Waals surface area (Å²) in [6.45, 7) is 0.566. The lowest BCUT2D eigenvalue weighted by atomic mass is 10.2. The Morgan fingerprint density at radius 3 is 2.62 bits per heavy atom. The van der Waals surface area contributed by atoms with Crippen LogP contribution in [0.1, 0.15) is 26.4 Å². The average molecular weight is 388 g/mol. The fourth-order valence-electron chi connectivity index (χ4n) is 2.09. The van der Waals surface area contributed by atoms with Crippen molar-refractivity contribution in [3.8, 4) is 0 Å². The molecule has 0 aliphatic rings. The molecule has 2 aromatic heterocycles. The van der Waals surface area contributed by atoms with Crippen molar-refractivity contribution < 1.29 is 9.59 Å².